The van der Waals surface area contributed by atoms with E-state index >= 15 is 0 Å². The summed E-state index contributed by atoms with van der Waals surface area (Å²) in [5.74, 6) is 1.73. The van der Waals surface area contributed by atoms with Crippen molar-refractivity contribution in [3.8, 4) is 5.75 Å². The minimum Gasteiger partial charge on any atom is -0.484 e. The van der Waals surface area contributed by atoms with Gasteiger partial charge in [-0.1, -0.05) is 38.2 Å². The van der Waals surface area contributed by atoms with Crippen LogP contribution in [0.4, 0.5) is 0 Å². The Morgan fingerprint density at radius 1 is 0.897 bits per heavy atom. The summed E-state index contributed by atoms with van der Waals surface area (Å²) < 4.78 is 5.71. The minimum atomic E-state index is -0.000248. The van der Waals surface area contributed by atoms with Crippen LogP contribution in [0, 0.1) is 19.8 Å². The molecule has 0 unspecified atom stereocenters. The molecule has 2 aliphatic rings. The predicted octanol–water partition coefficient (Wildman–Crippen LogP) is 4.10. The van der Waals surface area contributed by atoms with E-state index in [-0.39, 0.29) is 18.4 Å². The van der Waals surface area contributed by atoms with Gasteiger partial charge in [-0.25, -0.2) is 0 Å². The molecular formula is C24H36N2O3. The van der Waals surface area contributed by atoms with Crippen molar-refractivity contribution in [3.63, 3.8) is 0 Å². The number of hydrogen-bond acceptors (Lipinski definition) is 3. The van der Waals surface area contributed by atoms with Crippen LogP contribution in [-0.2, 0) is 9.59 Å². The Morgan fingerprint density at radius 3 is 2.28 bits per heavy atom. The van der Waals surface area contributed by atoms with Crippen LogP contribution in [0.1, 0.15) is 62.5 Å². The van der Waals surface area contributed by atoms with E-state index in [4.69, 9.17) is 4.74 Å². The molecule has 1 saturated heterocycles. The van der Waals surface area contributed by atoms with Gasteiger partial charge in [0.05, 0.1) is 0 Å². The van der Waals surface area contributed by atoms with Crippen LogP contribution >= 0.6 is 0 Å². The summed E-state index contributed by atoms with van der Waals surface area (Å²) in [4.78, 5) is 29.0. The molecule has 1 aromatic rings. The number of ether oxygens (including phenoxy) is 1. The molecule has 0 radical (unpaired) electrons. The zero-order chi connectivity index (χ0) is 20.6. The quantitative estimate of drug-likeness (QED) is 0.722. The molecular weight excluding hydrogens is 364 g/mol. The maximum Gasteiger partial charge on any atom is 0.260 e. The molecule has 0 spiro atoms. The smallest absolute Gasteiger partial charge is 0.260 e. The molecule has 2 amide bonds. The zero-order valence-corrected chi connectivity index (χ0v) is 18.1. The third-order valence-electron chi connectivity index (χ3n) is 6.53. The number of nitrogens with zero attached hydrogens (tertiary/aromatic N) is 2. The van der Waals surface area contributed by atoms with Gasteiger partial charge >= 0.3 is 0 Å². The molecule has 1 heterocycles. The fourth-order valence-corrected chi connectivity index (χ4v) is 4.42. The molecule has 5 heteroatoms. The second kappa shape index (κ2) is 10.7. The Labute approximate surface area is 175 Å². The zero-order valence-electron chi connectivity index (χ0n) is 18.1. The first-order valence-electron chi connectivity index (χ1n) is 11.3. The van der Waals surface area contributed by atoms with Crippen LogP contribution < -0.4 is 4.74 Å². The van der Waals surface area contributed by atoms with Crippen molar-refractivity contribution in [3.05, 3.63) is 29.3 Å². The summed E-state index contributed by atoms with van der Waals surface area (Å²) in [6, 6.07) is 5.89. The van der Waals surface area contributed by atoms with Gasteiger partial charge in [0.2, 0.25) is 5.91 Å². The Kier molecular flexibility index (Phi) is 7.96. The largest absolute Gasteiger partial charge is 0.484 e. The number of amides is 2. The fraction of sp³-hybridized carbons (Fsp3) is 0.667. The molecule has 1 aliphatic carbocycles. The topological polar surface area (TPSA) is 49.9 Å². The van der Waals surface area contributed by atoms with Gasteiger partial charge in [-0.05, 0) is 55.9 Å². The first-order valence-corrected chi connectivity index (χ1v) is 11.3. The van der Waals surface area contributed by atoms with Gasteiger partial charge in [0.25, 0.3) is 5.91 Å². The molecule has 0 bridgehead atoms. The number of benzene rings is 1. The average molecular weight is 401 g/mol. The van der Waals surface area contributed by atoms with Gasteiger partial charge < -0.3 is 14.5 Å². The van der Waals surface area contributed by atoms with E-state index in [9.17, 15) is 9.59 Å². The third kappa shape index (κ3) is 6.48. The van der Waals surface area contributed by atoms with Crippen LogP contribution in [0.3, 0.4) is 0 Å². The highest BCUT2D eigenvalue weighted by Crippen LogP contribution is 2.27. The van der Waals surface area contributed by atoms with Crippen LogP contribution in [0.5, 0.6) is 5.75 Å². The van der Waals surface area contributed by atoms with Crippen molar-refractivity contribution >= 4 is 11.8 Å². The molecule has 0 aromatic heterocycles. The molecule has 3 rings (SSSR count). The van der Waals surface area contributed by atoms with Gasteiger partial charge in [-0.15, -0.1) is 0 Å². The van der Waals surface area contributed by atoms with E-state index in [2.05, 4.69) is 6.92 Å². The monoisotopic (exact) mass is 400 g/mol. The molecule has 29 heavy (non-hydrogen) atoms. The highest BCUT2D eigenvalue weighted by atomic mass is 16.5. The van der Waals surface area contributed by atoms with E-state index in [1.54, 1.807) is 0 Å². The summed E-state index contributed by atoms with van der Waals surface area (Å²) >= 11 is 0. The molecule has 2 fully saturated rings. The highest BCUT2D eigenvalue weighted by molar-refractivity contribution is 5.78. The summed E-state index contributed by atoms with van der Waals surface area (Å²) in [6.07, 6.45) is 9.11. The number of hydrogen-bond donors (Lipinski definition) is 0. The number of carbonyl (C=O) groups is 2. The van der Waals surface area contributed by atoms with Gasteiger partial charge in [0.15, 0.2) is 6.61 Å². The first-order chi connectivity index (χ1) is 14.0. The lowest BCUT2D eigenvalue weighted by molar-refractivity contribution is -0.135. The van der Waals surface area contributed by atoms with E-state index in [0.29, 0.717) is 26.1 Å². The van der Waals surface area contributed by atoms with E-state index in [0.717, 1.165) is 36.6 Å². The van der Waals surface area contributed by atoms with E-state index in [1.165, 1.54) is 37.7 Å². The molecule has 0 atom stereocenters. The lowest BCUT2D eigenvalue weighted by Gasteiger charge is -2.24. The lowest BCUT2D eigenvalue weighted by atomic mass is 9.86. The Bertz CT molecular complexity index is 697. The standard InChI is InChI=1S/C24H36N2O3/c1-19-9-11-22(17-20(19)2)29-18-24(28)26-14-6-13-25(15-16-26)23(27)12-10-21-7-4-3-5-8-21/h9,11,17,21H,3-8,10,12-16,18H2,1-2H3. The molecule has 1 aromatic carbocycles. The summed E-state index contributed by atoms with van der Waals surface area (Å²) in [5.41, 5.74) is 2.37. The minimum absolute atomic E-state index is 0.000248. The van der Waals surface area contributed by atoms with Crippen molar-refractivity contribution in [2.45, 2.75) is 65.2 Å². The average Bonchev–Trinajstić information content (AvgIpc) is 3.00. The molecule has 160 valence electrons. The molecule has 1 aliphatic heterocycles. The van der Waals surface area contributed by atoms with Crippen LogP contribution in [-0.4, -0.2) is 54.4 Å². The van der Waals surface area contributed by atoms with Crippen molar-refractivity contribution < 1.29 is 14.3 Å². The SMILES string of the molecule is Cc1ccc(OCC(=O)N2CCCN(C(=O)CCC3CCCCC3)CC2)cc1C. The number of rotatable bonds is 6. The maximum atomic E-state index is 12.6. The second-order valence-corrected chi connectivity index (χ2v) is 8.69. The summed E-state index contributed by atoms with van der Waals surface area (Å²) in [5, 5.41) is 0. The van der Waals surface area contributed by atoms with Gasteiger partial charge in [-0.2, -0.15) is 0 Å². The normalized spacial score (nSPS) is 18.4. The maximum absolute atomic E-state index is 12.6. The van der Waals surface area contributed by atoms with Gasteiger partial charge in [0, 0.05) is 32.6 Å². The van der Waals surface area contributed by atoms with E-state index in [1.807, 2.05) is 34.9 Å². The number of carbonyl (C=O) groups excluding carboxylic acids is 2. The van der Waals surface area contributed by atoms with Crippen LogP contribution in [0.25, 0.3) is 0 Å². The first kappa shape index (κ1) is 21.7. The van der Waals surface area contributed by atoms with E-state index < -0.39 is 0 Å². The van der Waals surface area contributed by atoms with Crippen molar-refractivity contribution in [1.82, 2.24) is 9.80 Å². The van der Waals surface area contributed by atoms with Gasteiger partial charge in [0.1, 0.15) is 5.75 Å². The Morgan fingerprint density at radius 2 is 1.59 bits per heavy atom. The van der Waals surface area contributed by atoms with Crippen molar-refractivity contribution in [2.24, 2.45) is 5.92 Å². The lowest BCUT2D eigenvalue weighted by Crippen LogP contribution is -2.39. The number of aryl methyl sites for hydroxylation is 2. The van der Waals surface area contributed by atoms with Crippen molar-refractivity contribution in [1.29, 1.82) is 0 Å². The Hall–Kier alpha value is -2.04. The Balaban J connectivity index is 1.41. The second-order valence-electron chi connectivity index (χ2n) is 8.69. The predicted molar refractivity (Wildman–Crippen MR) is 115 cm³/mol. The van der Waals surface area contributed by atoms with Gasteiger partial charge in [-0.3, -0.25) is 9.59 Å². The highest BCUT2D eigenvalue weighted by Gasteiger charge is 2.23. The molecule has 1 saturated carbocycles. The summed E-state index contributed by atoms with van der Waals surface area (Å²) in [7, 11) is 0. The van der Waals surface area contributed by atoms with Crippen LogP contribution in [0.15, 0.2) is 18.2 Å². The molecule has 5 nitrogen and oxygen atoms in total. The third-order valence-corrected chi connectivity index (χ3v) is 6.53. The summed E-state index contributed by atoms with van der Waals surface area (Å²) in [6.45, 7) is 6.84. The fourth-order valence-electron chi connectivity index (χ4n) is 4.42. The molecule has 0 N–H and O–H groups in total. The van der Waals surface area contributed by atoms with Crippen molar-refractivity contribution in [2.75, 3.05) is 32.8 Å². The van der Waals surface area contributed by atoms with Crippen LogP contribution in [0.2, 0.25) is 0 Å².